The molecule has 0 amide bonds. The molecule has 7 nitrogen and oxygen atoms in total. The summed E-state index contributed by atoms with van der Waals surface area (Å²) in [4.78, 5) is 17.5. The van der Waals surface area contributed by atoms with Crippen LogP contribution in [0.15, 0.2) is 36.7 Å². The van der Waals surface area contributed by atoms with Crippen LogP contribution in [0.3, 0.4) is 0 Å². The molecule has 3 heterocycles. The summed E-state index contributed by atoms with van der Waals surface area (Å²) in [6, 6.07) is 5.05. The summed E-state index contributed by atoms with van der Waals surface area (Å²) < 4.78 is 44.2. The van der Waals surface area contributed by atoms with Crippen molar-refractivity contribution >= 4 is 23.1 Å². The molecule has 1 saturated heterocycles. The molecule has 4 rings (SSSR count). The van der Waals surface area contributed by atoms with Crippen molar-refractivity contribution in [3.05, 3.63) is 42.2 Å². The molecule has 0 unspecified atom stereocenters. The first-order valence-electron chi connectivity index (χ1n) is 10.3. The van der Waals surface area contributed by atoms with E-state index in [4.69, 9.17) is 4.74 Å². The van der Waals surface area contributed by atoms with Crippen LogP contribution in [0.25, 0.3) is 22.0 Å². The van der Waals surface area contributed by atoms with Crippen molar-refractivity contribution < 1.29 is 22.7 Å². The minimum absolute atomic E-state index is 0.0904. The molecule has 2 aromatic heterocycles. The maximum Gasteiger partial charge on any atom is 0.416 e. The van der Waals surface area contributed by atoms with E-state index < -0.39 is 11.7 Å². The van der Waals surface area contributed by atoms with Crippen LogP contribution < -0.4 is 10.1 Å². The number of aromatic nitrogens is 3. The molecule has 168 valence electrons. The number of fused-ring (bicyclic) bond motifs is 1. The normalized spacial score (nSPS) is 16.9. The number of ether oxygens (including phenoxy) is 1. The summed E-state index contributed by atoms with van der Waals surface area (Å²) in [5, 5.41) is 13.2. The van der Waals surface area contributed by atoms with Crippen molar-refractivity contribution in [1.82, 2.24) is 20.1 Å². The smallest absolute Gasteiger partial charge is 0.416 e. The van der Waals surface area contributed by atoms with Crippen molar-refractivity contribution in [2.75, 3.05) is 25.0 Å². The number of benzene rings is 1. The molecular formula is C22H22F3N5O2. The Morgan fingerprint density at radius 2 is 2.09 bits per heavy atom. The summed E-state index contributed by atoms with van der Waals surface area (Å²) in [6.07, 6.45) is 0.877. The standard InChI is InChI=1S/C22H22F3N5O2/c1-2-30-9-3-4-15(30)11-27-21-18-12-26-8-7-16(18)20(28-29-21)17-6-5-14(22(23,24)25)10-19(17)32-13-31/h5-8,10,12-13,15H,2-4,9,11H2,1H3,(H,27,29)/t15-/m0/s1. The second-order valence-corrected chi connectivity index (χ2v) is 7.55. The average molecular weight is 445 g/mol. The largest absolute Gasteiger partial charge is 0.428 e. The van der Waals surface area contributed by atoms with Gasteiger partial charge in [0.2, 0.25) is 0 Å². The Bertz CT molecular complexity index is 1120. The molecule has 0 bridgehead atoms. The minimum atomic E-state index is -4.57. The molecule has 1 atom stereocenters. The first kappa shape index (κ1) is 21.9. The van der Waals surface area contributed by atoms with Crippen LogP contribution in [0.2, 0.25) is 0 Å². The monoisotopic (exact) mass is 445 g/mol. The van der Waals surface area contributed by atoms with Crippen LogP contribution >= 0.6 is 0 Å². The lowest BCUT2D eigenvalue weighted by molar-refractivity contribution is -0.138. The zero-order chi connectivity index (χ0) is 22.7. The number of alkyl halides is 3. The van der Waals surface area contributed by atoms with Gasteiger partial charge in [-0.3, -0.25) is 14.7 Å². The van der Waals surface area contributed by atoms with Gasteiger partial charge in [-0.05, 0) is 50.2 Å². The third-order valence-corrected chi connectivity index (χ3v) is 5.73. The van der Waals surface area contributed by atoms with Gasteiger partial charge >= 0.3 is 6.18 Å². The SMILES string of the molecule is CCN1CCC[C@H]1CNc1nnc(-c2ccc(C(F)(F)F)cc2OC=O)c2ccncc12. The third kappa shape index (κ3) is 4.36. The Balaban J connectivity index is 1.72. The molecule has 0 saturated carbocycles. The number of anilines is 1. The molecule has 0 radical (unpaired) electrons. The van der Waals surface area contributed by atoms with Crippen LogP contribution in [0.1, 0.15) is 25.3 Å². The van der Waals surface area contributed by atoms with Crippen molar-refractivity contribution in [2.45, 2.75) is 32.0 Å². The number of likely N-dealkylation sites (N-methyl/N-ethyl adjacent to an activating group) is 1. The van der Waals surface area contributed by atoms with E-state index in [9.17, 15) is 18.0 Å². The fourth-order valence-corrected chi connectivity index (χ4v) is 4.13. The molecule has 1 fully saturated rings. The van der Waals surface area contributed by atoms with Crippen LogP contribution in [0.4, 0.5) is 19.0 Å². The number of likely N-dealkylation sites (tertiary alicyclic amines) is 1. The van der Waals surface area contributed by atoms with Gasteiger partial charge in [-0.15, -0.1) is 10.2 Å². The molecular weight excluding hydrogens is 423 g/mol. The highest BCUT2D eigenvalue weighted by Crippen LogP contribution is 2.39. The van der Waals surface area contributed by atoms with Crippen LogP contribution in [-0.4, -0.2) is 52.2 Å². The fraction of sp³-hybridized carbons (Fsp3) is 0.364. The van der Waals surface area contributed by atoms with Gasteiger partial charge in [-0.25, -0.2) is 0 Å². The maximum atomic E-state index is 13.1. The van der Waals surface area contributed by atoms with Gasteiger partial charge in [0.25, 0.3) is 6.47 Å². The van der Waals surface area contributed by atoms with E-state index >= 15 is 0 Å². The second kappa shape index (κ2) is 9.07. The van der Waals surface area contributed by atoms with E-state index in [1.165, 1.54) is 6.07 Å². The van der Waals surface area contributed by atoms with Gasteiger partial charge in [0.15, 0.2) is 5.82 Å². The minimum Gasteiger partial charge on any atom is -0.428 e. The lowest BCUT2D eigenvalue weighted by Gasteiger charge is -2.23. The molecule has 10 heteroatoms. The van der Waals surface area contributed by atoms with E-state index in [1.807, 2.05) is 0 Å². The van der Waals surface area contributed by atoms with E-state index in [0.29, 0.717) is 34.9 Å². The topological polar surface area (TPSA) is 80.2 Å². The fourth-order valence-electron chi connectivity index (χ4n) is 4.13. The first-order chi connectivity index (χ1) is 15.4. The molecule has 1 aliphatic rings. The quantitative estimate of drug-likeness (QED) is 0.548. The summed E-state index contributed by atoms with van der Waals surface area (Å²) in [5.41, 5.74) is -0.393. The van der Waals surface area contributed by atoms with Gasteiger partial charge in [0, 0.05) is 41.3 Å². The Hall–Kier alpha value is -3.27. The zero-order valence-corrected chi connectivity index (χ0v) is 17.4. The summed E-state index contributed by atoms with van der Waals surface area (Å²) in [5.74, 6) is 0.303. The third-order valence-electron chi connectivity index (χ3n) is 5.73. The highest BCUT2D eigenvalue weighted by atomic mass is 19.4. The summed E-state index contributed by atoms with van der Waals surface area (Å²) in [7, 11) is 0. The van der Waals surface area contributed by atoms with Gasteiger partial charge in [-0.1, -0.05) is 6.92 Å². The molecule has 1 aliphatic heterocycles. The predicted molar refractivity (Wildman–Crippen MR) is 113 cm³/mol. The number of nitrogens with one attached hydrogen (secondary N) is 1. The number of nitrogens with zero attached hydrogens (tertiary/aromatic N) is 4. The highest BCUT2D eigenvalue weighted by molar-refractivity contribution is 6.00. The Morgan fingerprint density at radius 3 is 2.84 bits per heavy atom. The molecule has 1 N–H and O–H groups in total. The van der Waals surface area contributed by atoms with Crippen molar-refractivity contribution in [3.63, 3.8) is 0 Å². The van der Waals surface area contributed by atoms with E-state index in [0.717, 1.165) is 38.1 Å². The molecule has 1 aromatic carbocycles. The van der Waals surface area contributed by atoms with E-state index in [1.54, 1.807) is 18.5 Å². The van der Waals surface area contributed by atoms with Crippen LogP contribution in [0, 0.1) is 0 Å². The number of rotatable bonds is 7. The summed E-state index contributed by atoms with van der Waals surface area (Å²) in [6.45, 7) is 4.98. The lowest BCUT2D eigenvalue weighted by Crippen LogP contribution is -2.34. The van der Waals surface area contributed by atoms with Crippen LogP contribution in [-0.2, 0) is 11.0 Å². The summed E-state index contributed by atoms with van der Waals surface area (Å²) >= 11 is 0. The van der Waals surface area contributed by atoms with Crippen molar-refractivity contribution in [1.29, 1.82) is 0 Å². The number of carbonyl (C=O) groups is 1. The van der Waals surface area contributed by atoms with Crippen molar-refractivity contribution in [2.24, 2.45) is 0 Å². The molecule has 0 spiro atoms. The predicted octanol–water partition coefficient (Wildman–Crippen LogP) is 4.14. The number of halogens is 3. The Morgan fingerprint density at radius 1 is 1.25 bits per heavy atom. The number of hydrogen-bond donors (Lipinski definition) is 1. The van der Waals surface area contributed by atoms with Crippen LogP contribution in [0.5, 0.6) is 5.75 Å². The number of hydrogen-bond acceptors (Lipinski definition) is 7. The van der Waals surface area contributed by atoms with Gasteiger partial charge in [0.1, 0.15) is 11.4 Å². The second-order valence-electron chi connectivity index (χ2n) is 7.55. The molecule has 32 heavy (non-hydrogen) atoms. The van der Waals surface area contributed by atoms with Gasteiger partial charge < -0.3 is 10.1 Å². The average Bonchev–Trinajstić information content (AvgIpc) is 3.25. The highest BCUT2D eigenvalue weighted by Gasteiger charge is 2.32. The molecule has 0 aliphatic carbocycles. The maximum absolute atomic E-state index is 13.1. The number of pyridine rings is 1. The van der Waals surface area contributed by atoms with Crippen molar-refractivity contribution in [3.8, 4) is 17.0 Å². The van der Waals surface area contributed by atoms with Gasteiger partial charge in [-0.2, -0.15) is 13.2 Å². The lowest BCUT2D eigenvalue weighted by atomic mass is 10.0. The number of carbonyl (C=O) groups excluding carboxylic acids is 1. The van der Waals surface area contributed by atoms with E-state index in [2.05, 4.69) is 32.3 Å². The Labute approximate surface area is 182 Å². The zero-order valence-electron chi connectivity index (χ0n) is 17.4. The first-order valence-corrected chi connectivity index (χ1v) is 10.3. The Kier molecular flexibility index (Phi) is 6.22. The van der Waals surface area contributed by atoms with E-state index in [-0.39, 0.29) is 17.8 Å². The van der Waals surface area contributed by atoms with Gasteiger partial charge in [0.05, 0.1) is 5.56 Å². The molecule has 3 aromatic rings.